The molecular weight excluding hydrogens is 194 g/mol. The Hall–Kier alpha value is -1.05. The summed E-state index contributed by atoms with van der Waals surface area (Å²) in [5.41, 5.74) is 6.95. The van der Waals surface area contributed by atoms with Crippen molar-refractivity contribution in [1.29, 1.82) is 0 Å². The molecule has 72 valence electrons. The predicted octanol–water partition coefficient (Wildman–Crippen LogP) is 3.08. The van der Waals surface area contributed by atoms with Crippen molar-refractivity contribution in [2.24, 2.45) is 5.73 Å². The molecule has 0 radical (unpaired) electrons. The van der Waals surface area contributed by atoms with E-state index in [0.717, 1.165) is 5.56 Å². The molecule has 0 fully saturated rings. The van der Waals surface area contributed by atoms with Gasteiger partial charge in [0.05, 0.1) is 0 Å². The Kier molecular flexibility index (Phi) is 2.71. The number of rotatable bonds is 2. The van der Waals surface area contributed by atoms with Crippen LogP contribution >= 0.6 is 11.6 Å². The van der Waals surface area contributed by atoms with Crippen molar-refractivity contribution in [3.05, 3.63) is 48.0 Å². The summed E-state index contributed by atoms with van der Waals surface area (Å²) in [4.78, 5) is 0. The van der Waals surface area contributed by atoms with Crippen LogP contribution in [0.1, 0.15) is 11.6 Å². The molecule has 2 heteroatoms. The molecule has 0 aliphatic rings. The Labute approximate surface area is 88.5 Å². The molecule has 2 aromatic rings. The molecule has 1 nitrogen and oxygen atoms in total. The van der Waals surface area contributed by atoms with Gasteiger partial charge in [0.2, 0.25) is 0 Å². The van der Waals surface area contributed by atoms with Crippen LogP contribution in [-0.4, -0.2) is 5.88 Å². The number of hydrogen-bond acceptors (Lipinski definition) is 1. The zero-order valence-corrected chi connectivity index (χ0v) is 8.54. The molecule has 0 aliphatic carbocycles. The number of benzene rings is 2. The second kappa shape index (κ2) is 3.99. The number of alkyl halides is 1. The van der Waals surface area contributed by atoms with Crippen molar-refractivity contribution in [3.8, 4) is 0 Å². The molecule has 1 atom stereocenters. The third-order valence-corrected chi connectivity index (χ3v) is 2.70. The molecule has 2 rings (SSSR count). The Bertz CT molecular complexity index is 439. The van der Waals surface area contributed by atoms with Crippen molar-refractivity contribution in [3.63, 3.8) is 0 Å². The maximum absolute atomic E-state index is 5.85. The Morgan fingerprint density at radius 3 is 2.50 bits per heavy atom. The molecule has 0 spiro atoms. The summed E-state index contributed by atoms with van der Waals surface area (Å²) in [6, 6.07) is 14.4. The number of nitrogens with two attached hydrogens (primary N) is 1. The van der Waals surface area contributed by atoms with Gasteiger partial charge in [-0.05, 0) is 22.4 Å². The quantitative estimate of drug-likeness (QED) is 0.750. The van der Waals surface area contributed by atoms with E-state index in [1.807, 2.05) is 18.2 Å². The first-order valence-corrected chi connectivity index (χ1v) is 5.15. The van der Waals surface area contributed by atoms with E-state index in [2.05, 4.69) is 24.3 Å². The smallest absolute Gasteiger partial charge is 0.0432 e. The normalized spacial score (nSPS) is 13.0. The summed E-state index contributed by atoms with van der Waals surface area (Å²) in [7, 11) is 0. The van der Waals surface area contributed by atoms with Crippen molar-refractivity contribution in [2.45, 2.75) is 6.04 Å². The SMILES string of the molecule is NC(CCl)c1ccc2ccccc2c1. The van der Waals surface area contributed by atoms with Crippen molar-refractivity contribution in [1.82, 2.24) is 0 Å². The second-order valence-corrected chi connectivity index (χ2v) is 3.68. The standard InChI is InChI=1S/C12H12ClN/c13-8-12(14)11-6-5-9-3-1-2-4-10(9)7-11/h1-7,12H,8,14H2. The van der Waals surface area contributed by atoms with Gasteiger partial charge in [0.25, 0.3) is 0 Å². The van der Waals surface area contributed by atoms with Crippen LogP contribution in [0.2, 0.25) is 0 Å². The molecule has 0 heterocycles. The van der Waals surface area contributed by atoms with Crippen molar-refractivity contribution in [2.75, 3.05) is 5.88 Å². The lowest BCUT2D eigenvalue weighted by Gasteiger charge is -2.08. The maximum Gasteiger partial charge on any atom is 0.0432 e. The molecule has 0 saturated heterocycles. The average molecular weight is 206 g/mol. The number of fused-ring (bicyclic) bond motifs is 1. The van der Waals surface area contributed by atoms with Gasteiger partial charge in [-0.2, -0.15) is 0 Å². The first-order chi connectivity index (χ1) is 6.81. The van der Waals surface area contributed by atoms with Gasteiger partial charge >= 0.3 is 0 Å². The highest BCUT2D eigenvalue weighted by Crippen LogP contribution is 2.19. The zero-order chi connectivity index (χ0) is 9.97. The molecule has 2 aromatic carbocycles. The number of hydrogen-bond donors (Lipinski definition) is 1. The van der Waals surface area contributed by atoms with Crippen LogP contribution in [0.5, 0.6) is 0 Å². The third-order valence-electron chi connectivity index (χ3n) is 2.37. The van der Waals surface area contributed by atoms with E-state index in [-0.39, 0.29) is 6.04 Å². The molecule has 0 aliphatic heterocycles. The van der Waals surface area contributed by atoms with Crippen LogP contribution in [0.25, 0.3) is 10.8 Å². The summed E-state index contributed by atoms with van der Waals surface area (Å²) in [6.07, 6.45) is 0. The highest BCUT2D eigenvalue weighted by Gasteiger charge is 2.04. The molecule has 1 unspecified atom stereocenters. The van der Waals surface area contributed by atoms with Gasteiger partial charge in [0.1, 0.15) is 0 Å². The van der Waals surface area contributed by atoms with Crippen molar-refractivity contribution >= 4 is 22.4 Å². The minimum atomic E-state index is -0.0683. The van der Waals surface area contributed by atoms with Gasteiger partial charge in [-0.25, -0.2) is 0 Å². The lowest BCUT2D eigenvalue weighted by Crippen LogP contribution is -2.11. The molecular formula is C12H12ClN. The van der Waals surface area contributed by atoms with Gasteiger partial charge in [-0.3, -0.25) is 0 Å². The monoisotopic (exact) mass is 205 g/mol. The minimum absolute atomic E-state index is 0.0683. The van der Waals surface area contributed by atoms with Gasteiger partial charge in [0.15, 0.2) is 0 Å². The van der Waals surface area contributed by atoms with Crippen LogP contribution in [0, 0.1) is 0 Å². The van der Waals surface area contributed by atoms with Crippen molar-refractivity contribution < 1.29 is 0 Å². The van der Waals surface area contributed by atoms with Gasteiger partial charge in [0, 0.05) is 11.9 Å². The molecule has 0 bridgehead atoms. The Balaban J connectivity index is 2.51. The Morgan fingerprint density at radius 2 is 1.79 bits per heavy atom. The summed E-state index contributed by atoms with van der Waals surface area (Å²) < 4.78 is 0. The summed E-state index contributed by atoms with van der Waals surface area (Å²) in [6.45, 7) is 0. The van der Waals surface area contributed by atoms with Crippen LogP contribution in [-0.2, 0) is 0 Å². The van der Waals surface area contributed by atoms with E-state index < -0.39 is 0 Å². The van der Waals surface area contributed by atoms with Gasteiger partial charge in [-0.1, -0.05) is 36.4 Å². The van der Waals surface area contributed by atoms with Gasteiger partial charge in [-0.15, -0.1) is 11.6 Å². The maximum atomic E-state index is 5.85. The molecule has 0 aromatic heterocycles. The van der Waals surface area contributed by atoms with E-state index in [9.17, 15) is 0 Å². The summed E-state index contributed by atoms with van der Waals surface area (Å²) in [5.74, 6) is 0.457. The van der Waals surface area contributed by atoms with Crippen LogP contribution < -0.4 is 5.73 Å². The van der Waals surface area contributed by atoms with Gasteiger partial charge < -0.3 is 5.73 Å². The van der Waals surface area contributed by atoms with Crippen LogP contribution in [0.15, 0.2) is 42.5 Å². The fourth-order valence-corrected chi connectivity index (χ4v) is 1.71. The molecule has 2 N–H and O–H groups in total. The number of halogens is 1. The average Bonchev–Trinajstić information content (AvgIpc) is 2.27. The van der Waals surface area contributed by atoms with Crippen LogP contribution in [0.4, 0.5) is 0 Å². The fraction of sp³-hybridized carbons (Fsp3) is 0.167. The van der Waals surface area contributed by atoms with E-state index in [1.54, 1.807) is 0 Å². The predicted molar refractivity (Wildman–Crippen MR) is 61.6 cm³/mol. The zero-order valence-electron chi connectivity index (χ0n) is 7.78. The second-order valence-electron chi connectivity index (χ2n) is 3.37. The first-order valence-electron chi connectivity index (χ1n) is 4.61. The van der Waals surface area contributed by atoms with E-state index in [4.69, 9.17) is 17.3 Å². The highest BCUT2D eigenvalue weighted by atomic mass is 35.5. The Morgan fingerprint density at radius 1 is 1.07 bits per heavy atom. The van der Waals surface area contributed by atoms with E-state index >= 15 is 0 Å². The molecule has 0 saturated carbocycles. The lowest BCUT2D eigenvalue weighted by atomic mass is 10.0. The van der Waals surface area contributed by atoms with E-state index in [0.29, 0.717) is 5.88 Å². The fourth-order valence-electron chi connectivity index (χ4n) is 1.53. The molecule has 0 amide bonds. The lowest BCUT2D eigenvalue weighted by molar-refractivity contribution is 0.828. The summed E-state index contributed by atoms with van der Waals surface area (Å²) >= 11 is 5.71. The minimum Gasteiger partial charge on any atom is -0.323 e. The topological polar surface area (TPSA) is 26.0 Å². The molecule has 14 heavy (non-hydrogen) atoms. The first kappa shape index (κ1) is 9.50. The largest absolute Gasteiger partial charge is 0.323 e. The third kappa shape index (κ3) is 1.74. The van der Waals surface area contributed by atoms with E-state index in [1.165, 1.54) is 10.8 Å². The highest BCUT2D eigenvalue weighted by molar-refractivity contribution is 6.18. The summed E-state index contributed by atoms with van der Waals surface area (Å²) in [5, 5.41) is 2.45. The van der Waals surface area contributed by atoms with Crippen LogP contribution in [0.3, 0.4) is 0 Å².